The molecule has 7 heteroatoms. The average molecular weight is 368 g/mol. The van der Waals surface area contributed by atoms with Crippen LogP contribution in [-0.2, 0) is 18.4 Å². The number of nitrogens with zero attached hydrogens (tertiary/aromatic N) is 3. The second-order valence-corrected chi connectivity index (χ2v) is 7.35. The summed E-state index contributed by atoms with van der Waals surface area (Å²) in [4.78, 5) is 12.0. The summed E-state index contributed by atoms with van der Waals surface area (Å²) in [6, 6.07) is 14.2. The van der Waals surface area contributed by atoms with Gasteiger partial charge in [0, 0.05) is 13.0 Å². The van der Waals surface area contributed by atoms with Crippen LogP contribution in [0.1, 0.15) is 35.4 Å². The summed E-state index contributed by atoms with van der Waals surface area (Å²) in [7, 11) is 1.97. The largest absolute Gasteiger partial charge is 0.467 e. The van der Waals surface area contributed by atoms with Gasteiger partial charge in [0.25, 0.3) is 0 Å². The maximum atomic E-state index is 12.0. The molecule has 4 rings (SSSR count). The first-order valence-electron chi connectivity index (χ1n) is 8.58. The second kappa shape index (κ2) is 7.37. The molecule has 0 spiro atoms. The highest BCUT2D eigenvalue weighted by molar-refractivity contribution is 7.99. The molecule has 1 aliphatic rings. The maximum Gasteiger partial charge on any atom is 0.230 e. The van der Waals surface area contributed by atoms with Gasteiger partial charge in [0.2, 0.25) is 5.91 Å². The molecule has 2 unspecified atom stereocenters. The molecule has 1 aromatic carbocycles. The van der Waals surface area contributed by atoms with Gasteiger partial charge in [0.15, 0.2) is 5.16 Å². The number of hydrogen-bond acceptors (Lipinski definition) is 5. The highest BCUT2D eigenvalue weighted by Gasteiger charge is 2.42. The topological polar surface area (TPSA) is 73.0 Å². The molecular formula is C19H20N4O2S. The Kier molecular flexibility index (Phi) is 4.79. The molecule has 1 fully saturated rings. The van der Waals surface area contributed by atoms with Crippen LogP contribution in [0, 0.1) is 0 Å². The van der Waals surface area contributed by atoms with Gasteiger partial charge in [-0.3, -0.25) is 4.79 Å². The lowest BCUT2D eigenvalue weighted by atomic mass is 10.1. The number of amides is 1. The maximum absolute atomic E-state index is 12.0. The molecule has 2 aromatic heterocycles. The summed E-state index contributed by atoms with van der Waals surface area (Å²) < 4.78 is 7.21. The summed E-state index contributed by atoms with van der Waals surface area (Å²) >= 11 is 1.40. The Morgan fingerprint density at radius 2 is 2.08 bits per heavy atom. The van der Waals surface area contributed by atoms with Crippen molar-refractivity contribution in [2.24, 2.45) is 7.05 Å². The lowest BCUT2D eigenvalue weighted by Gasteiger charge is -2.05. The van der Waals surface area contributed by atoms with Crippen molar-refractivity contribution in [3.05, 3.63) is 65.9 Å². The number of carbonyl (C=O) groups excluding carboxylic acids is 1. The molecule has 26 heavy (non-hydrogen) atoms. The van der Waals surface area contributed by atoms with E-state index in [1.54, 1.807) is 12.3 Å². The zero-order chi connectivity index (χ0) is 17.9. The molecule has 1 N–H and O–H groups in total. The minimum absolute atomic E-state index is 0.0514. The number of aromatic nitrogens is 3. The molecule has 0 radical (unpaired) electrons. The molecule has 134 valence electrons. The fourth-order valence-electron chi connectivity index (χ4n) is 3.10. The number of rotatable bonds is 7. The fourth-order valence-corrected chi connectivity index (χ4v) is 3.85. The number of thioether (sulfide) groups is 1. The minimum atomic E-state index is -0.0514. The zero-order valence-electron chi connectivity index (χ0n) is 14.5. The minimum Gasteiger partial charge on any atom is -0.467 e. The van der Waals surface area contributed by atoms with Crippen LogP contribution in [0.4, 0.5) is 0 Å². The van der Waals surface area contributed by atoms with Crippen LogP contribution < -0.4 is 5.32 Å². The van der Waals surface area contributed by atoms with E-state index >= 15 is 0 Å². The first-order valence-corrected chi connectivity index (χ1v) is 9.57. The van der Waals surface area contributed by atoms with E-state index in [4.69, 9.17) is 4.42 Å². The van der Waals surface area contributed by atoms with E-state index in [9.17, 15) is 4.79 Å². The van der Waals surface area contributed by atoms with Crippen molar-refractivity contribution in [2.45, 2.75) is 30.0 Å². The van der Waals surface area contributed by atoms with Crippen LogP contribution in [0.2, 0.25) is 0 Å². The third-order valence-electron chi connectivity index (χ3n) is 4.59. The molecule has 1 aliphatic carbocycles. The number of benzene rings is 1. The SMILES string of the molecule is Cn1c(SCC(=O)NCc2ccco2)nnc1C1CC1c1ccccc1. The summed E-state index contributed by atoms with van der Waals surface area (Å²) in [6.07, 6.45) is 2.70. The van der Waals surface area contributed by atoms with Crippen LogP contribution in [0.15, 0.2) is 58.3 Å². The van der Waals surface area contributed by atoms with Crippen molar-refractivity contribution in [3.63, 3.8) is 0 Å². The first kappa shape index (κ1) is 16.9. The molecule has 0 aliphatic heterocycles. The van der Waals surface area contributed by atoms with Gasteiger partial charge in [0.05, 0.1) is 18.6 Å². The molecule has 6 nitrogen and oxygen atoms in total. The number of hydrogen-bond donors (Lipinski definition) is 1. The highest BCUT2D eigenvalue weighted by Crippen LogP contribution is 2.54. The van der Waals surface area contributed by atoms with Crippen molar-refractivity contribution in [1.29, 1.82) is 0 Å². The van der Waals surface area contributed by atoms with Crippen molar-refractivity contribution in [1.82, 2.24) is 20.1 Å². The lowest BCUT2D eigenvalue weighted by molar-refractivity contribution is -0.118. The second-order valence-electron chi connectivity index (χ2n) is 6.40. The van der Waals surface area contributed by atoms with Gasteiger partial charge in [-0.25, -0.2) is 0 Å². The van der Waals surface area contributed by atoms with Gasteiger partial charge in [0.1, 0.15) is 11.6 Å². The zero-order valence-corrected chi connectivity index (χ0v) is 15.3. The highest BCUT2D eigenvalue weighted by atomic mass is 32.2. The van der Waals surface area contributed by atoms with Crippen molar-refractivity contribution >= 4 is 17.7 Å². The van der Waals surface area contributed by atoms with E-state index in [2.05, 4.69) is 39.8 Å². The van der Waals surface area contributed by atoms with Crippen LogP contribution in [0.3, 0.4) is 0 Å². The molecule has 1 saturated carbocycles. The van der Waals surface area contributed by atoms with Gasteiger partial charge in [-0.05, 0) is 30.0 Å². The van der Waals surface area contributed by atoms with Crippen LogP contribution in [0.25, 0.3) is 0 Å². The number of nitrogens with one attached hydrogen (secondary N) is 1. The normalized spacial score (nSPS) is 18.7. The van der Waals surface area contributed by atoms with Crippen molar-refractivity contribution in [3.8, 4) is 0 Å². The Morgan fingerprint density at radius 3 is 2.85 bits per heavy atom. The monoisotopic (exact) mass is 368 g/mol. The molecule has 1 amide bonds. The Hall–Kier alpha value is -2.54. The molecular weight excluding hydrogens is 348 g/mol. The average Bonchev–Trinajstić information content (AvgIpc) is 3.10. The predicted molar refractivity (Wildman–Crippen MR) is 98.8 cm³/mol. The Labute approximate surface area is 156 Å². The van der Waals surface area contributed by atoms with Gasteiger partial charge < -0.3 is 14.3 Å². The van der Waals surface area contributed by atoms with E-state index < -0.39 is 0 Å². The smallest absolute Gasteiger partial charge is 0.230 e. The third kappa shape index (κ3) is 3.67. The lowest BCUT2D eigenvalue weighted by Crippen LogP contribution is -2.24. The Morgan fingerprint density at radius 1 is 1.23 bits per heavy atom. The van der Waals surface area contributed by atoms with Gasteiger partial charge >= 0.3 is 0 Å². The van der Waals surface area contributed by atoms with Gasteiger partial charge in [-0.2, -0.15) is 0 Å². The predicted octanol–water partition coefficient (Wildman–Crippen LogP) is 3.09. The molecule has 2 atom stereocenters. The molecule has 3 aromatic rings. The third-order valence-corrected chi connectivity index (χ3v) is 5.61. The Balaban J connectivity index is 1.31. The summed E-state index contributed by atoms with van der Waals surface area (Å²) in [5.74, 6) is 2.93. The van der Waals surface area contributed by atoms with Crippen LogP contribution in [0.5, 0.6) is 0 Å². The Bertz CT molecular complexity index is 876. The summed E-state index contributed by atoms with van der Waals surface area (Å²) in [5.41, 5.74) is 1.35. The van der Waals surface area contributed by atoms with Crippen molar-refractivity contribution in [2.75, 3.05) is 5.75 Å². The van der Waals surface area contributed by atoms with E-state index in [-0.39, 0.29) is 5.91 Å². The number of furan rings is 1. The van der Waals surface area contributed by atoms with Gasteiger partial charge in [-0.1, -0.05) is 42.1 Å². The molecule has 0 saturated heterocycles. The van der Waals surface area contributed by atoms with Crippen LogP contribution in [-0.4, -0.2) is 26.4 Å². The molecule has 0 bridgehead atoms. The quantitative estimate of drug-likeness (QED) is 0.649. The summed E-state index contributed by atoms with van der Waals surface area (Å²) in [5, 5.41) is 12.2. The van der Waals surface area contributed by atoms with E-state index in [1.807, 2.05) is 23.7 Å². The van der Waals surface area contributed by atoms with E-state index in [0.29, 0.717) is 24.1 Å². The van der Waals surface area contributed by atoms with E-state index in [0.717, 1.165) is 23.2 Å². The fraction of sp³-hybridized carbons (Fsp3) is 0.316. The molecule has 2 heterocycles. The standard InChI is InChI=1S/C19H20N4O2S/c1-23-18(16-10-15(16)13-6-3-2-4-7-13)21-22-19(23)26-12-17(24)20-11-14-8-5-9-25-14/h2-9,15-16H,10-12H2,1H3,(H,20,24). The summed E-state index contributed by atoms with van der Waals surface area (Å²) in [6.45, 7) is 0.400. The number of carbonyl (C=O) groups is 1. The first-order chi connectivity index (χ1) is 12.7. The van der Waals surface area contributed by atoms with E-state index in [1.165, 1.54) is 17.3 Å². The van der Waals surface area contributed by atoms with Crippen molar-refractivity contribution < 1.29 is 9.21 Å². The van der Waals surface area contributed by atoms with Crippen LogP contribution >= 0.6 is 11.8 Å². The van der Waals surface area contributed by atoms with Gasteiger partial charge in [-0.15, -0.1) is 10.2 Å².